The number of carbonyl (C=O) groups is 1. The number of hydrogen-bond acceptors (Lipinski definition) is 5. The van der Waals surface area contributed by atoms with E-state index in [0.717, 1.165) is 11.3 Å². The molecule has 6 heteroatoms. The fourth-order valence-corrected chi connectivity index (χ4v) is 3.89. The maximum absolute atomic E-state index is 13.2. The van der Waals surface area contributed by atoms with Crippen LogP contribution in [-0.4, -0.2) is 27.9 Å². The summed E-state index contributed by atoms with van der Waals surface area (Å²) in [5.74, 6) is 0.119. The molecule has 0 aliphatic carbocycles. The molecule has 0 bridgehead atoms. The van der Waals surface area contributed by atoms with E-state index < -0.39 is 0 Å². The Balaban J connectivity index is 1.58. The molecule has 0 N–H and O–H groups in total. The van der Waals surface area contributed by atoms with Crippen molar-refractivity contribution < 1.29 is 9.53 Å². The Morgan fingerprint density at radius 3 is 2.43 bits per heavy atom. The first-order chi connectivity index (χ1) is 14.6. The summed E-state index contributed by atoms with van der Waals surface area (Å²) in [5.41, 5.74) is 2.92. The third-order valence-corrected chi connectivity index (χ3v) is 5.50. The quantitative estimate of drug-likeness (QED) is 0.198. The summed E-state index contributed by atoms with van der Waals surface area (Å²) in [7, 11) is 0. The number of para-hydroxylation sites is 1. The van der Waals surface area contributed by atoms with Gasteiger partial charge in [-0.2, -0.15) is 0 Å². The highest BCUT2D eigenvalue weighted by Crippen LogP contribution is 2.21. The van der Waals surface area contributed by atoms with Crippen LogP contribution in [-0.2, 0) is 4.74 Å². The topological polar surface area (TPSA) is 61.2 Å². The number of benzene rings is 3. The Bertz CT molecular complexity index is 1240. The molecule has 30 heavy (non-hydrogen) atoms. The minimum absolute atomic E-state index is 0.117. The number of hydrogen-bond donors (Lipinski definition) is 0. The third-order valence-electron chi connectivity index (χ3n) is 4.59. The number of fused-ring (bicyclic) bond motifs is 1. The van der Waals surface area contributed by atoms with E-state index in [9.17, 15) is 9.59 Å². The summed E-state index contributed by atoms with van der Waals surface area (Å²) >= 11 is 1.39. The van der Waals surface area contributed by atoms with Gasteiger partial charge in [-0.05, 0) is 43.3 Å². The van der Waals surface area contributed by atoms with Gasteiger partial charge in [0.15, 0.2) is 5.16 Å². The first-order valence-electron chi connectivity index (χ1n) is 9.57. The first kappa shape index (κ1) is 19.9. The molecule has 1 aromatic heterocycles. The van der Waals surface area contributed by atoms with Crippen LogP contribution in [0.25, 0.3) is 16.6 Å². The van der Waals surface area contributed by atoms with E-state index in [1.807, 2.05) is 55.5 Å². The van der Waals surface area contributed by atoms with Gasteiger partial charge in [0.25, 0.3) is 5.56 Å². The number of aryl methyl sites for hydroxylation is 1. The normalized spacial score (nSPS) is 10.8. The second-order valence-electron chi connectivity index (χ2n) is 6.74. The van der Waals surface area contributed by atoms with Gasteiger partial charge in [-0.3, -0.25) is 9.36 Å². The van der Waals surface area contributed by atoms with Crippen molar-refractivity contribution in [2.75, 3.05) is 12.4 Å². The maximum atomic E-state index is 13.2. The van der Waals surface area contributed by atoms with Crippen molar-refractivity contribution in [1.82, 2.24) is 9.55 Å². The Morgan fingerprint density at radius 2 is 1.67 bits per heavy atom. The molecule has 0 radical (unpaired) electrons. The van der Waals surface area contributed by atoms with E-state index in [0.29, 0.717) is 27.4 Å². The zero-order valence-corrected chi connectivity index (χ0v) is 17.3. The largest absolute Gasteiger partial charge is 0.461 e. The summed E-state index contributed by atoms with van der Waals surface area (Å²) < 4.78 is 6.97. The summed E-state index contributed by atoms with van der Waals surface area (Å²) in [5, 5.41) is 1.14. The van der Waals surface area contributed by atoms with Crippen molar-refractivity contribution >= 4 is 28.6 Å². The van der Waals surface area contributed by atoms with E-state index in [4.69, 9.17) is 9.72 Å². The van der Waals surface area contributed by atoms with Crippen LogP contribution >= 0.6 is 11.8 Å². The summed E-state index contributed by atoms with van der Waals surface area (Å²) in [6.45, 7) is 2.22. The third kappa shape index (κ3) is 4.28. The van der Waals surface area contributed by atoms with Crippen LogP contribution in [0.2, 0.25) is 0 Å². The number of thioether (sulfide) groups is 1. The van der Waals surface area contributed by atoms with Crippen LogP contribution in [0, 0.1) is 6.92 Å². The van der Waals surface area contributed by atoms with Crippen molar-refractivity contribution in [3.8, 4) is 5.69 Å². The molecule has 0 aliphatic rings. The highest BCUT2D eigenvalue weighted by Gasteiger charge is 2.14. The average Bonchev–Trinajstić information content (AvgIpc) is 2.78. The van der Waals surface area contributed by atoms with Gasteiger partial charge in [-0.25, -0.2) is 9.78 Å². The Labute approximate surface area is 178 Å². The van der Waals surface area contributed by atoms with Crippen molar-refractivity contribution in [1.29, 1.82) is 0 Å². The molecule has 4 rings (SSSR count). The van der Waals surface area contributed by atoms with Gasteiger partial charge < -0.3 is 4.74 Å². The van der Waals surface area contributed by atoms with Crippen LogP contribution in [0.4, 0.5) is 0 Å². The second kappa shape index (κ2) is 8.97. The number of rotatable bonds is 6. The first-order valence-corrected chi connectivity index (χ1v) is 10.6. The predicted molar refractivity (Wildman–Crippen MR) is 120 cm³/mol. The lowest BCUT2D eigenvalue weighted by Crippen LogP contribution is -2.22. The molecule has 3 aromatic carbocycles. The molecule has 4 aromatic rings. The number of aromatic nitrogens is 2. The van der Waals surface area contributed by atoms with Crippen LogP contribution in [0.1, 0.15) is 15.9 Å². The van der Waals surface area contributed by atoms with E-state index in [-0.39, 0.29) is 18.1 Å². The molecule has 0 atom stereocenters. The molecule has 150 valence electrons. The van der Waals surface area contributed by atoms with Crippen LogP contribution < -0.4 is 5.56 Å². The lowest BCUT2D eigenvalue weighted by atomic mass is 10.2. The Morgan fingerprint density at radius 1 is 0.967 bits per heavy atom. The molecule has 0 amide bonds. The number of nitrogens with zero attached hydrogens (tertiary/aromatic N) is 2. The molecular weight excluding hydrogens is 396 g/mol. The monoisotopic (exact) mass is 416 g/mol. The van der Waals surface area contributed by atoms with Crippen LogP contribution in [0.3, 0.4) is 0 Å². The number of carbonyl (C=O) groups excluding carboxylic acids is 1. The van der Waals surface area contributed by atoms with Gasteiger partial charge in [0, 0.05) is 5.75 Å². The molecule has 0 fully saturated rings. The van der Waals surface area contributed by atoms with Crippen molar-refractivity contribution in [3.63, 3.8) is 0 Å². The number of ether oxygens (including phenoxy) is 1. The standard InChI is InChI=1S/C24H20N2O3S/c1-17-11-13-19(14-12-17)26-22(27)20-9-5-6-10-21(20)25-24(26)30-16-15-29-23(28)18-7-3-2-4-8-18/h2-14H,15-16H2,1H3. The Hall–Kier alpha value is -3.38. The smallest absolute Gasteiger partial charge is 0.338 e. The lowest BCUT2D eigenvalue weighted by molar-refractivity contribution is 0.0530. The minimum atomic E-state index is -0.362. The van der Waals surface area contributed by atoms with E-state index in [1.54, 1.807) is 34.9 Å². The zero-order valence-electron chi connectivity index (χ0n) is 16.4. The van der Waals surface area contributed by atoms with E-state index in [1.165, 1.54) is 11.8 Å². The Kier molecular flexibility index (Phi) is 5.95. The van der Waals surface area contributed by atoms with Crippen molar-refractivity contribution in [2.24, 2.45) is 0 Å². The molecule has 0 unspecified atom stereocenters. The van der Waals surface area contributed by atoms with Gasteiger partial charge in [0.1, 0.15) is 6.61 Å². The van der Waals surface area contributed by atoms with Crippen molar-refractivity contribution in [2.45, 2.75) is 12.1 Å². The predicted octanol–water partition coefficient (Wildman–Crippen LogP) is 4.64. The van der Waals surface area contributed by atoms with Gasteiger partial charge >= 0.3 is 5.97 Å². The molecule has 0 aliphatic heterocycles. The summed E-state index contributed by atoms with van der Waals surface area (Å²) in [6.07, 6.45) is 0. The van der Waals surface area contributed by atoms with Gasteiger partial charge in [0.2, 0.25) is 0 Å². The fourth-order valence-electron chi connectivity index (χ4n) is 3.06. The SMILES string of the molecule is Cc1ccc(-n2c(SCCOC(=O)c3ccccc3)nc3ccccc3c2=O)cc1. The van der Waals surface area contributed by atoms with Gasteiger partial charge in [-0.1, -0.05) is 59.8 Å². The van der Waals surface area contributed by atoms with Crippen molar-refractivity contribution in [3.05, 3.63) is 100 Å². The molecule has 1 heterocycles. The molecule has 0 saturated carbocycles. The zero-order chi connectivity index (χ0) is 20.9. The van der Waals surface area contributed by atoms with Crippen LogP contribution in [0.5, 0.6) is 0 Å². The molecular formula is C24H20N2O3S. The summed E-state index contributed by atoms with van der Waals surface area (Å²) in [6, 6.07) is 23.9. The minimum Gasteiger partial charge on any atom is -0.461 e. The fraction of sp³-hybridized carbons (Fsp3) is 0.125. The molecule has 0 spiro atoms. The molecule has 5 nitrogen and oxygen atoms in total. The highest BCUT2D eigenvalue weighted by molar-refractivity contribution is 7.99. The average molecular weight is 417 g/mol. The van der Waals surface area contributed by atoms with Crippen LogP contribution in [0.15, 0.2) is 88.8 Å². The van der Waals surface area contributed by atoms with Gasteiger partial charge in [0.05, 0.1) is 22.2 Å². The highest BCUT2D eigenvalue weighted by atomic mass is 32.2. The van der Waals surface area contributed by atoms with Gasteiger partial charge in [-0.15, -0.1) is 0 Å². The summed E-state index contributed by atoms with van der Waals surface area (Å²) in [4.78, 5) is 30.0. The van der Waals surface area contributed by atoms with E-state index >= 15 is 0 Å². The second-order valence-corrected chi connectivity index (χ2v) is 7.80. The molecule has 0 saturated heterocycles. The number of esters is 1. The van der Waals surface area contributed by atoms with E-state index in [2.05, 4.69) is 0 Å². The lowest BCUT2D eigenvalue weighted by Gasteiger charge is -2.13. The maximum Gasteiger partial charge on any atom is 0.338 e.